The molecular weight excluding hydrogens is 200 g/mol. The van der Waals surface area contributed by atoms with E-state index in [-0.39, 0.29) is 5.82 Å². The quantitative estimate of drug-likeness (QED) is 0.778. The monoisotopic (exact) mass is 207 g/mol. The fourth-order valence-corrected chi connectivity index (χ4v) is 1.23. The molecule has 1 aromatic heterocycles. The lowest BCUT2D eigenvalue weighted by molar-refractivity contribution is 0.584. The lowest BCUT2D eigenvalue weighted by Crippen LogP contribution is -1.93. The van der Waals surface area contributed by atoms with Gasteiger partial charge in [0.2, 0.25) is 0 Å². The minimum Gasteiger partial charge on any atom is -0.384 e. The van der Waals surface area contributed by atoms with Crippen molar-refractivity contribution in [3.05, 3.63) is 42.2 Å². The molecule has 0 fully saturated rings. The highest BCUT2D eigenvalue weighted by atomic mass is 19.1. The molecule has 0 atom stereocenters. The maximum Gasteiger partial charge on any atom is 0.127 e. The van der Waals surface area contributed by atoms with Crippen molar-refractivity contribution in [3.63, 3.8) is 0 Å². The number of rotatable bonds is 1. The number of nitrogen functional groups attached to an aromatic ring is 1. The van der Waals surface area contributed by atoms with Crippen molar-refractivity contribution < 1.29 is 8.78 Å². The van der Waals surface area contributed by atoms with Crippen LogP contribution in [0.5, 0.6) is 0 Å². The largest absolute Gasteiger partial charge is 0.384 e. The first-order valence-electron chi connectivity index (χ1n) is 4.19. The van der Waals surface area contributed by atoms with Crippen LogP contribution in [-0.2, 0) is 0 Å². The van der Waals surface area contributed by atoms with Gasteiger partial charge in [0, 0.05) is 17.7 Å². The summed E-state index contributed by atoms with van der Waals surface area (Å²) in [5.74, 6) is -1.05. The molecule has 2 rings (SSSR count). The van der Waals surface area contributed by atoms with Gasteiger partial charge in [0.1, 0.15) is 23.8 Å². The summed E-state index contributed by atoms with van der Waals surface area (Å²) < 4.78 is 25.8. The highest BCUT2D eigenvalue weighted by Gasteiger charge is 2.04. The molecule has 1 aromatic carbocycles. The van der Waals surface area contributed by atoms with E-state index in [9.17, 15) is 8.78 Å². The summed E-state index contributed by atoms with van der Waals surface area (Å²) in [7, 11) is 0. The zero-order valence-corrected chi connectivity index (χ0v) is 7.61. The molecule has 15 heavy (non-hydrogen) atoms. The number of halogens is 2. The van der Waals surface area contributed by atoms with Crippen LogP contribution in [0.3, 0.4) is 0 Å². The van der Waals surface area contributed by atoms with E-state index >= 15 is 0 Å². The maximum absolute atomic E-state index is 12.9. The summed E-state index contributed by atoms with van der Waals surface area (Å²) in [6.07, 6.45) is 1.24. The van der Waals surface area contributed by atoms with Gasteiger partial charge >= 0.3 is 0 Å². The number of anilines is 1. The summed E-state index contributed by atoms with van der Waals surface area (Å²) in [6.45, 7) is 0. The van der Waals surface area contributed by atoms with E-state index in [1.807, 2.05) is 0 Å². The van der Waals surface area contributed by atoms with E-state index in [2.05, 4.69) is 9.97 Å². The topological polar surface area (TPSA) is 51.8 Å². The van der Waals surface area contributed by atoms with E-state index in [1.54, 1.807) is 0 Å². The Labute approximate surface area is 84.6 Å². The Bertz CT molecular complexity index is 480. The van der Waals surface area contributed by atoms with Crippen LogP contribution < -0.4 is 5.73 Å². The van der Waals surface area contributed by atoms with E-state index < -0.39 is 11.6 Å². The minimum absolute atomic E-state index is 0.254. The molecular formula is C10H7F2N3. The first-order chi connectivity index (χ1) is 7.15. The van der Waals surface area contributed by atoms with Crippen molar-refractivity contribution in [1.82, 2.24) is 9.97 Å². The molecule has 0 saturated carbocycles. The molecule has 0 radical (unpaired) electrons. The molecule has 3 nitrogen and oxygen atoms in total. The zero-order chi connectivity index (χ0) is 10.8. The third-order valence-corrected chi connectivity index (χ3v) is 1.85. The molecule has 0 saturated heterocycles. The molecule has 2 aromatic rings. The zero-order valence-electron chi connectivity index (χ0n) is 7.61. The molecule has 0 aliphatic rings. The number of nitrogens with two attached hydrogens (primary N) is 1. The average molecular weight is 207 g/mol. The Hall–Kier alpha value is -2.04. The van der Waals surface area contributed by atoms with Gasteiger partial charge in [-0.25, -0.2) is 18.7 Å². The molecule has 0 bridgehead atoms. The average Bonchev–Trinajstić information content (AvgIpc) is 2.16. The van der Waals surface area contributed by atoms with Gasteiger partial charge in [0.05, 0.1) is 5.69 Å². The van der Waals surface area contributed by atoms with Gasteiger partial charge < -0.3 is 5.73 Å². The molecule has 0 unspecified atom stereocenters. The van der Waals surface area contributed by atoms with E-state index in [0.717, 1.165) is 6.07 Å². The Balaban J connectivity index is 2.54. The lowest BCUT2D eigenvalue weighted by atomic mass is 10.1. The lowest BCUT2D eigenvalue weighted by Gasteiger charge is -2.01. The SMILES string of the molecule is Nc1cc(-c2cc(F)cc(F)c2)ncn1. The van der Waals surface area contributed by atoms with Gasteiger partial charge in [-0.2, -0.15) is 0 Å². The maximum atomic E-state index is 12.9. The molecule has 5 heteroatoms. The van der Waals surface area contributed by atoms with Gasteiger partial charge in [-0.15, -0.1) is 0 Å². The van der Waals surface area contributed by atoms with Gasteiger partial charge in [-0.05, 0) is 12.1 Å². The van der Waals surface area contributed by atoms with Crippen molar-refractivity contribution in [2.45, 2.75) is 0 Å². The summed E-state index contributed by atoms with van der Waals surface area (Å²) in [4.78, 5) is 7.56. The van der Waals surface area contributed by atoms with E-state index in [4.69, 9.17) is 5.73 Å². The van der Waals surface area contributed by atoms with Crippen molar-refractivity contribution in [2.24, 2.45) is 0 Å². The summed E-state index contributed by atoms with van der Waals surface area (Å²) in [5.41, 5.74) is 6.16. The third kappa shape index (κ3) is 2.07. The van der Waals surface area contributed by atoms with Crippen molar-refractivity contribution in [1.29, 1.82) is 0 Å². The van der Waals surface area contributed by atoms with Crippen LogP contribution in [0, 0.1) is 11.6 Å². The number of benzene rings is 1. The molecule has 0 amide bonds. The summed E-state index contributed by atoms with van der Waals surface area (Å²) in [5, 5.41) is 0. The van der Waals surface area contributed by atoms with Crippen molar-refractivity contribution >= 4 is 5.82 Å². The predicted octanol–water partition coefficient (Wildman–Crippen LogP) is 2.00. The fourth-order valence-electron chi connectivity index (χ4n) is 1.23. The second-order valence-electron chi connectivity index (χ2n) is 2.99. The molecule has 2 N–H and O–H groups in total. The van der Waals surface area contributed by atoms with E-state index in [0.29, 0.717) is 11.3 Å². The normalized spacial score (nSPS) is 10.3. The fraction of sp³-hybridized carbons (Fsp3) is 0. The van der Waals surface area contributed by atoms with Crippen LogP contribution in [0.15, 0.2) is 30.6 Å². The molecule has 0 aliphatic carbocycles. The number of aromatic nitrogens is 2. The van der Waals surface area contributed by atoms with Gasteiger partial charge in [-0.3, -0.25) is 0 Å². The van der Waals surface area contributed by atoms with Crippen LogP contribution in [0.4, 0.5) is 14.6 Å². The molecule has 0 aliphatic heterocycles. The molecule has 0 spiro atoms. The molecule has 76 valence electrons. The Morgan fingerprint density at radius 3 is 2.20 bits per heavy atom. The first kappa shape index (κ1) is 9.51. The standard InChI is InChI=1S/C10H7F2N3/c11-7-1-6(2-8(12)3-7)9-4-10(13)15-5-14-9/h1-5H,(H2,13,14,15). The summed E-state index contributed by atoms with van der Waals surface area (Å²) in [6, 6.07) is 4.62. The van der Waals surface area contributed by atoms with Crippen LogP contribution in [0.2, 0.25) is 0 Å². The first-order valence-corrected chi connectivity index (χ1v) is 4.19. The smallest absolute Gasteiger partial charge is 0.127 e. The van der Waals surface area contributed by atoms with E-state index in [1.165, 1.54) is 24.5 Å². The van der Waals surface area contributed by atoms with Gasteiger partial charge in [-0.1, -0.05) is 0 Å². The number of hydrogen-bond donors (Lipinski definition) is 1. The van der Waals surface area contributed by atoms with Crippen molar-refractivity contribution in [3.8, 4) is 11.3 Å². The highest BCUT2D eigenvalue weighted by Crippen LogP contribution is 2.20. The number of hydrogen-bond acceptors (Lipinski definition) is 3. The van der Waals surface area contributed by atoms with Crippen LogP contribution in [0.25, 0.3) is 11.3 Å². The van der Waals surface area contributed by atoms with Gasteiger partial charge in [0.25, 0.3) is 0 Å². The second-order valence-corrected chi connectivity index (χ2v) is 2.99. The second kappa shape index (κ2) is 3.61. The third-order valence-electron chi connectivity index (χ3n) is 1.85. The van der Waals surface area contributed by atoms with Crippen LogP contribution in [-0.4, -0.2) is 9.97 Å². The Morgan fingerprint density at radius 2 is 1.60 bits per heavy atom. The van der Waals surface area contributed by atoms with Crippen LogP contribution >= 0.6 is 0 Å². The van der Waals surface area contributed by atoms with Crippen LogP contribution in [0.1, 0.15) is 0 Å². The Morgan fingerprint density at radius 1 is 0.933 bits per heavy atom. The number of nitrogens with zero attached hydrogens (tertiary/aromatic N) is 2. The van der Waals surface area contributed by atoms with Gasteiger partial charge in [0.15, 0.2) is 0 Å². The summed E-state index contributed by atoms with van der Waals surface area (Å²) >= 11 is 0. The Kier molecular flexibility index (Phi) is 2.29. The van der Waals surface area contributed by atoms with Crippen molar-refractivity contribution in [2.75, 3.05) is 5.73 Å². The predicted molar refractivity (Wildman–Crippen MR) is 51.8 cm³/mol. The highest BCUT2D eigenvalue weighted by molar-refractivity contribution is 5.61. The molecule has 1 heterocycles. The minimum atomic E-state index is -0.651.